The fourth-order valence-corrected chi connectivity index (χ4v) is 1.91. The third-order valence-electron chi connectivity index (χ3n) is 3.12. The first-order valence-corrected chi connectivity index (χ1v) is 7.08. The van der Waals surface area contributed by atoms with Gasteiger partial charge in [0.1, 0.15) is 6.42 Å². The Morgan fingerprint density at radius 2 is 1.81 bits per heavy atom. The van der Waals surface area contributed by atoms with Crippen LogP contribution in [0.25, 0.3) is 0 Å². The maximum absolute atomic E-state index is 11.7. The zero-order valence-electron chi connectivity index (χ0n) is 12.3. The van der Waals surface area contributed by atoms with E-state index in [2.05, 4.69) is 10.6 Å². The maximum Gasteiger partial charge on any atom is 0.234 e. The molecule has 0 saturated carbocycles. The van der Waals surface area contributed by atoms with E-state index >= 15 is 0 Å². The van der Waals surface area contributed by atoms with Crippen molar-refractivity contribution >= 4 is 11.8 Å². The molecule has 1 rings (SSSR count). The standard InChI is InChI=1S/C16H21N3O2/c1-13-5-2-3-6-14(13)7-8-15(20)18-11-4-12-19-16(21)9-10-17/h2-3,5-6H,4,7-9,11-12H2,1H3,(H,18,20)(H,19,21). The van der Waals surface area contributed by atoms with Gasteiger partial charge in [-0.15, -0.1) is 0 Å². The molecule has 1 aromatic carbocycles. The van der Waals surface area contributed by atoms with Gasteiger partial charge in [-0.1, -0.05) is 24.3 Å². The maximum atomic E-state index is 11.7. The monoisotopic (exact) mass is 287 g/mol. The molecule has 0 unspecified atom stereocenters. The lowest BCUT2D eigenvalue weighted by molar-refractivity contribution is -0.121. The summed E-state index contributed by atoms with van der Waals surface area (Å²) in [4.78, 5) is 22.7. The molecule has 0 spiro atoms. The van der Waals surface area contributed by atoms with Crippen molar-refractivity contribution in [1.82, 2.24) is 10.6 Å². The topological polar surface area (TPSA) is 82.0 Å². The van der Waals surface area contributed by atoms with Crippen LogP contribution in [-0.4, -0.2) is 24.9 Å². The summed E-state index contributed by atoms with van der Waals surface area (Å²) in [6, 6.07) is 9.82. The number of aryl methyl sites for hydroxylation is 2. The Balaban J connectivity index is 2.11. The highest BCUT2D eigenvalue weighted by molar-refractivity contribution is 5.78. The summed E-state index contributed by atoms with van der Waals surface area (Å²) in [5.74, 6) is -0.259. The van der Waals surface area contributed by atoms with Gasteiger partial charge in [-0.3, -0.25) is 9.59 Å². The van der Waals surface area contributed by atoms with Crippen LogP contribution >= 0.6 is 0 Å². The number of carbonyl (C=O) groups excluding carboxylic acids is 2. The van der Waals surface area contributed by atoms with E-state index in [1.54, 1.807) is 6.07 Å². The minimum absolute atomic E-state index is 0.0154. The molecule has 0 bridgehead atoms. The molecule has 0 saturated heterocycles. The Morgan fingerprint density at radius 1 is 1.14 bits per heavy atom. The van der Waals surface area contributed by atoms with Crippen molar-refractivity contribution in [3.8, 4) is 6.07 Å². The van der Waals surface area contributed by atoms with Crippen LogP contribution in [0.2, 0.25) is 0 Å². The molecule has 0 atom stereocenters. The zero-order valence-corrected chi connectivity index (χ0v) is 12.3. The van der Waals surface area contributed by atoms with E-state index in [1.165, 1.54) is 11.1 Å². The highest BCUT2D eigenvalue weighted by Crippen LogP contribution is 2.09. The van der Waals surface area contributed by atoms with E-state index in [1.807, 2.05) is 31.2 Å². The van der Waals surface area contributed by atoms with Crippen LogP contribution in [0.3, 0.4) is 0 Å². The van der Waals surface area contributed by atoms with Crippen LogP contribution in [-0.2, 0) is 16.0 Å². The molecule has 5 heteroatoms. The predicted molar refractivity (Wildman–Crippen MR) is 80.4 cm³/mol. The molecule has 21 heavy (non-hydrogen) atoms. The molecule has 0 radical (unpaired) electrons. The van der Waals surface area contributed by atoms with Crippen molar-refractivity contribution in [3.05, 3.63) is 35.4 Å². The number of benzene rings is 1. The second-order valence-corrected chi connectivity index (χ2v) is 4.81. The molecule has 0 aliphatic carbocycles. The molecule has 1 aromatic rings. The molecule has 2 N–H and O–H groups in total. The lowest BCUT2D eigenvalue weighted by atomic mass is 10.0. The van der Waals surface area contributed by atoms with Gasteiger partial charge in [0.2, 0.25) is 11.8 Å². The number of nitriles is 1. The molecule has 0 aliphatic rings. The van der Waals surface area contributed by atoms with E-state index in [-0.39, 0.29) is 18.2 Å². The first-order chi connectivity index (χ1) is 10.1. The summed E-state index contributed by atoms with van der Waals surface area (Å²) in [6.07, 6.45) is 1.74. The first kappa shape index (κ1) is 16.7. The highest BCUT2D eigenvalue weighted by atomic mass is 16.2. The van der Waals surface area contributed by atoms with Gasteiger partial charge in [-0.2, -0.15) is 5.26 Å². The number of carbonyl (C=O) groups is 2. The van der Waals surface area contributed by atoms with Crippen molar-refractivity contribution in [3.63, 3.8) is 0 Å². The van der Waals surface area contributed by atoms with Crippen molar-refractivity contribution < 1.29 is 9.59 Å². The van der Waals surface area contributed by atoms with Crippen molar-refractivity contribution in [2.24, 2.45) is 0 Å². The SMILES string of the molecule is Cc1ccccc1CCC(=O)NCCCNC(=O)CC#N. The van der Waals surface area contributed by atoms with E-state index in [9.17, 15) is 9.59 Å². The summed E-state index contributed by atoms with van der Waals surface area (Å²) >= 11 is 0. The Morgan fingerprint density at radius 3 is 2.48 bits per heavy atom. The van der Waals surface area contributed by atoms with E-state index in [0.717, 1.165) is 6.42 Å². The summed E-state index contributed by atoms with van der Waals surface area (Å²) in [5, 5.41) is 13.7. The summed E-state index contributed by atoms with van der Waals surface area (Å²) in [7, 11) is 0. The van der Waals surface area contributed by atoms with E-state index in [0.29, 0.717) is 25.9 Å². The molecule has 112 valence electrons. The molecule has 5 nitrogen and oxygen atoms in total. The van der Waals surface area contributed by atoms with Crippen LogP contribution < -0.4 is 10.6 Å². The fourth-order valence-electron chi connectivity index (χ4n) is 1.91. The summed E-state index contributed by atoms with van der Waals surface area (Å²) in [5.41, 5.74) is 2.39. The number of rotatable bonds is 8. The van der Waals surface area contributed by atoms with Gasteiger partial charge in [-0.25, -0.2) is 0 Å². The minimum atomic E-state index is -0.275. The smallest absolute Gasteiger partial charge is 0.234 e. The molecule has 0 aromatic heterocycles. The van der Waals surface area contributed by atoms with Gasteiger partial charge in [0.25, 0.3) is 0 Å². The Hall–Kier alpha value is -2.35. The van der Waals surface area contributed by atoms with Gasteiger partial charge in [-0.05, 0) is 30.9 Å². The van der Waals surface area contributed by atoms with Crippen LogP contribution in [0.4, 0.5) is 0 Å². The number of nitrogens with one attached hydrogen (secondary N) is 2. The van der Waals surface area contributed by atoms with Crippen molar-refractivity contribution in [1.29, 1.82) is 5.26 Å². The Labute approximate surface area is 125 Å². The minimum Gasteiger partial charge on any atom is -0.356 e. The summed E-state index contributed by atoms with van der Waals surface area (Å²) in [6.45, 7) is 3.04. The normalized spacial score (nSPS) is 9.71. The van der Waals surface area contributed by atoms with Gasteiger partial charge < -0.3 is 10.6 Å². The second kappa shape index (κ2) is 9.54. The Kier molecular flexibility index (Phi) is 7.59. The van der Waals surface area contributed by atoms with Crippen LogP contribution in [0.5, 0.6) is 0 Å². The fraction of sp³-hybridized carbons (Fsp3) is 0.438. The van der Waals surface area contributed by atoms with Crippen LogP contribution in [0.1, 0.15) is 30.4 Å². The molecular weight excluding hydrogens is 266 g/mol. The number of amides is 2. The lowest BCUT2D eigenvalue weighted by Gasteiger charge is -2.07. The average Bonchev–Trinajstić information content (AvgIpc) is 2.46. The van der Waals surface area contributed by atoms with Gasteiger partial charge in [0.05, 0.1) is 6.07 Å². The van der Waals surface area contributed by atoms with Crippen LogP contribution in [0, 0.1) is 18.3 Å². The molecule has 0 heterocycles. The Bertz CT molecular complexity index is 520. The third kappa shape index (κ3) is 7.11. The van der Waals surface area contributed by atoms with Gasteiger partial charge in [0.15, 0.2) is 0 Å². The second-order valence-electron chi connectivity index (χ2n) is 4.81. The third-order valence-corrected chi connectivity index (χ3v) is 3.12. The first-order valence-electron chi connectivity index (χ1n) is 7.08. The molecular formula is C16H21N3O2. The molecule has 0 fully saturated rings. The number of hydrogen-bond donors (Lipinski definition) is 2. The van der Waals surface area contributed by atoms with Gasteiger partial charge >= 0.3 is 0 Å². The summed E-state index contributed by atoms with van der Waals surface area (Å²) < 4.78 is 0. The molecule has 2 amide bonds. The van der Waals surface area contributed by atoms with Gasteiger partial charge in [0, 0.05) is 19.5 Å². The van der Waals surface area contributed by atoms with Crippen LogP contribution in [0.15, 0.2) is 24.3 Å². The van der Waals surface area contributed by atoms with Crippen molar-refractivity contribution in [2.45, 2.75) is 32.6 Å². The molecule has 0 aliphatic heterocycles. The quantitative estimate of drug-likeness (QED) is 0.710. The van der Waals surface area contributed by atoms with E-state index in [4.69, 9.17) is 5.26 Å². The average molecular weight is 287 g/mol. The number of nitrogens with zero attached hydrogens (tertiary/aromatic N) is 1. The largest absolute Gasteiger partial charge is 0.356 e. The number of hydrogen-bond acceptors (Lipinski definition) is 3. The lowest BCUT2D eigenvalue weighted by Crippen LogP contribution is -2.29. The predicted octanol–water partition coefficient (Wildman–Crippen LogP) is 1.46. The van der Waals surface area contributed by atoms with E-state index < -0.39 is 0 Å². The van der Waals surface area contributed by atoms with Crippen molar-refractivity contribution in [2.75, 3.05) is 13.1 Å². The highest BCUT2D eigenvalue weighted by Gasteiger charge is 2.04. The zero-order chi connectivity index (χ0) is 15.5.